The first-order valence-corrected chi connectivity index (χ1v) is 6.82. The Morgan fingerprint density at radius 2 is 2.16 bits per heavy atom. The van der Waals surface area contributed by atoms with E-state index in [-0.39, 0.29) is 0 Å². The molecule has 0 fully saturated rings. The van der Waals surface area contributed by atoms with E-state index in [9.17, 15) is 0 Å². The summed E-state index contributed by atoms with van der Waals surface area (Å²) >= 11 is 0. The first kappa shape index (κ1) is 12.0. The molecule has 0 saturated heterocycles. The molecule has 0 unspecified atom stereocenters. The number of fused-ring (bicyclic) bond motifs is 1. The molecule has 0 amide bonds. The third-order valence-electron chi connectivity index (χ3n) is 3.82. The molecule has 1 aliphatic rings. The Morgan fingerprint density at radius 3 is 3.00 bits per heavy atom. The Morgan fingerprint density at radius 1 is 1.32 bits per heavy atom. The predicted octanol–water partition coefficient (Wildman–Crippen LogP) is 2.99. The topological polar surface area (TPSA) is 41.6 Å². The molecule has 1 aromatic carbocycles. The van der Waals surface area contributed by atoms with Crippen LogP contribution in [0, 0.1) is 18.3 Å². The third-order valence-corrected chi connectivity index (χ3v) is 3.82. The Balaban J connectivity index is 1.95. The molecule has 0 bridgehead atoms. The molecule has 0 aliphatic heterocycles. The summed E-state index contributed by atoms with van der Waals surface area (Å²) in [6.45, 7) is 2.90. The molecule has 1 aliphatic carbocycles. The van der Waals surface area contributed by atoms with Gasteiger partial charge in [-0.3, -0.25) is 0 Å². The van der Waals surface area contributed by atoms with Crippen molar-refractivity contribution in [3.8, 4) is 6.07 Å². The van der Waals surface area contributed by atoms with Crippen LogP contribution in [0.1, 0.15) is 41.2 Å². The standard InChI is InChI=1S/C16H17N3/c1-12-18-15-7-2-3-8-16(15)19(12)11-14-6-4-5-13(9-14)10-17/h4-6,9H,2-3,7-8,11H2,1H3. The summed E-state index contributed by atoms with van der Waals surface area (Å²) in [5, 5.41) is 8.97. The molecule has 0 N–H and O–H groups in total. The molecule has 3 rings (SSSR count). The Kier molecular flexibility index (Phi) is 3.08. The third kappa shape index (κ3) is 2.26. The van der Waals surface area contributed by atoms with Gasteiger partial charge in [0.1, 0.15) is 5.82 Å². The van der Waals surface area contributed by atoms with Crippen molar-refractivity contribution in [2.24, 2.45) is 0 Å². The van der Waals surface area contributed by atoms with Gasteiger partial charge in [-0.25, -0.2) is 4.98 Å². The number of nitriles is 1. The zero-order chi connectivity index (χ0) is 13.2. The lowest BCUT2D eigenvalue weighted by atomic mass is 10.0. The van der Waals surface area contributed by atoms with Crippen molar-refractivity contribution in [2.75, 3.05) is 0 Å². The molecular weight excluding hydrogens is 234 g/mol. The molecule has 0 saturated carbocycles. The van der Waals surface area contributed by atoms with E-state index >= 15 is 0 Å². The number of hydrogen-bond acceptors (Lipinski definition) is 2. The molecule has 2 aromatic rings. The largest absolute Gasteiger partial charge is 0.328 e. The zero-order valence-corrected chi connectivity index (χ0v) is 11.2. The van der Waals surface area contributed by atoms with Gasteiger partial charge < -0.3 is 4.57 Å². The Labute approximate surface area is 113 Å². The molecule has 0 spiro atoms. The second-order valence-corrected chi connectivity index (χ2v) is 5.16. The monoisotopic (exact) mass is 251 g/mol. The lowest BCUT2D eigenvalue weighted by molar-refractivity contribution is 0.624. The highest BCUT2D eigenvalue weighted by Crippen LogP contribution is 2.23. The number of nitrogens with zero attached hydrogens (tertiary/aromatic N) is 3. The van der Waals surface area contributed by atoms with Crippen molar-refractivity contribution in [1.82, 2.24) is 9.55 Å². The zero-order valence-electron chi connectivity index (χ0n) is 11.2. The summed E-state index contributed by atoms with van der Waals surface area (Å²) in [4.78, 5) is 4.69. The van der Waals surface area contributed by atoms with Gasteiger partial charge in [0.15, 0.2) is 0 Å². The van der Waals surface area contributed by atoms with E-state index in [0.29, 0.717) is 0 Å². The van der Waals surface area contributed by atoms with Gasteiger partial charge in [0.2, 0.25) is 0 Å². The minimum absolute atomic E-state index is 0.726. The predicted molar refractivity (Wildman–Crippen MR) is 73.9 cm³/mol. The van der Waals surface area contributed by atoms with Gasteiger partial charge >= 0.3 is 0 Å². The highest BCUT2D eigenvalue weighted by Gasteiger charge is 2.17. The minimum Gasteiger partial charge on any atom is -0.328 e. The van der Waals surface area contributed by atoms with Crippen LogP contribution in [0.4, 0.5) is 0 Å². The van der Waals surface area contributed by atoms with E-state index < -0.39 is 0 Å². The molecule has 1 aromatic heterocycles. The Bertz CT molecular complexity index is 646. The van der Waals surface area contributed by atoms with E-state index in [1.54, 1.807) is 0 Å². The highest BCUT2D eigenvalue weighted by atomic mass is 15.1. The Hall–Kier alpha value is -2.08. The van der Waals surface area contributed by atoms with Crippen molar-refractivity contribution in [3.05, 3.63) is 52.6 Å². The van der Waals surface area contributed by atoms with E-state index in [2.05, 4.69) is 28.6 Å². The molecule has 0 radical (unpaired) electrons. The van der Waals surface area contributed by atoms with Gasteiger partial charge in [0.25, 0.3) is 0 Å². The van der Waals surface area contributed by atoms with E-state index in [0.717, 1.165) is 30.8 Å². The fraction of sp³-hybridized carbons (Fsp3) is 0.375. The SMILES string of the molecule is Cc1nc2c(n1Cc1cccc(C#N)c1)CCCC2. The van der Waals surface area contributed by atoms with Crippen LogP contribution in [0.2, 0.25) is 0 Å². The highest BCUT2D eigenvalue weighted by molar-refractivity contribution is 5.33. The number of aryl methyl sites for hydroxylation is 2. The lowest BCUT2D eigenvalue weighted by Crippen LogP contribution is -2.10. The van der Waals surface area contributed by atoms with Crippen LogP contribution in [0.3, 0.4) is 0 Å². The van der Waals surface area contributed by atoms with Crippen molar-refractivity contribution >= 4 is 0 Å². The first-order valence-electron chi connectivity index (χ1n) is 6.82. The molecule has 0 atom stereocenters. The van der Waals surface area contributed by atoms with Crippen molar-refractivity contribution < 1.29 is 0 Å². The maximum Gasteiger partial charge on any atom is 0.106 e. The molecular formula is C16H17N3. The average molecular weight is 251 g/mol. The number of hydrogen-bond donors (Lipinski definition) is 0. The van der Waals surface area contributed by atoms with Crippen LogP contribution in [0.5, 0.6) is 0 Å². The van der Waals surface area contributed by atoms with Crippen LogP contribution in [0.25, 0.3) is 0 Å². The van der Waals surface area contributed by atoms with Gasteiger partial charge in [-0.2, -0.15) is 5.26 Å². The summed E-state index contributed by atoms with van der Waals surface area (Å²) in [7, 11) is 0. The van der Waals surface area contributed by atoms with E-state index in [1.165, 1.54) is 29.8 Å². The van der Waals surface area contributed by atoms with Gasteiger partial charge in [-0.15, -0.1) is 0 Å². The van der Waals surface area contributed by atoms with Gasteiger partial charge in [-0.05, 0) is 50.3 Å². The number of benzene rings is 1. The number of rotatable bonds is 2. The summed E-state index contributed by atoms with van der Waals surface area (Å²) in [5.41, 5.74) is 4.57. The van der Waals surface area contributed by atoms with Gasteiger partial charge in [0, 0.05) is 12.2 Å². The smallest absolute Gasteiger partial charge is 0.106 e. The second kappa shape index (κ2) is 4.89. The fourth-order valence-corrected chi connectivity index (χ4v) is 2.87. The summed E-state index contributed by atoms with van der Waals surface area (Å²) < 4.78 is 2.31. The van der Waals surface area contributed by atoms with Crippen molar-refractivity contribution in [2.45, 2.75) is 39.2 Å². The second-order valence-electron chi connectivity index (χ2n) is 5.16. The first-order chi connectivity index (χ1) is 9.28. The van der Waals surface area contributed by atoms with Crippen LogP contribution in [-0.4, -0.2) is 9.55 Å². The van der Waals surface area contributed by atoms with E-state index in [1.807, 2.05) is 18.2 Å². The maximum absolute atomic E-state index is 8.97. The lowest BCUT2D eigenvalue weighted by Gasteiger charge is -2.15. The summed E-state index contributed by atoms with van der Waals surface area (Å²) in [6, 6.07) is 10.0. The average Bonchev–Trinajstić information content (AvgIpc) is 2.76. The van der Waals surface area contributed by atoms with Gasteiger partial charge in [0.05, 0.1) is 17.3 Å². The quantitative estimate of drug-likeness (QED) is 0.823. The van der Waals surface area contributed by atoms with Gasteiger partial charge in [-0.1, -0.05) is 12.1 Å². The van der Waals surface area contributed by atoms with Crippen molar-refractivity contribution in [1.29, 1.82) is 5.26 Å². The molecule has 19 heavy (non-hydrogen) atoms. The molecule has 3 heteroatoms. The number of aromatic nitrogens is 2. The summed E-state index contributed by atoms with van der Waals surface area (Å²) in [5.74, 6) is 1.09. The number of imidazole rings is 1. The molecule has 96 valence electrons. The maximum atomic E-state index is 8.97. The van der Waals surface area contributed by atoms with Crippen LogP contribution in [0.15, 0.2) is 24.3 Å². The van der Waals surface area contributed by atoms with Crippen LogP contribution in [-0.2, 0) is 19.4 Å². The van der Waals surface area contributed by atoms with Crippen LogP contribution >= 0.6 is 0 Å². The normalized spacial score (nSPS) is 13.9. The van der Waals surface area contributed by atoms with E-state index in [4.69, 9.17) is 5.26 Å². The minimum atomic E-state index is 0.726. The fourth-order valence-electron chi connectivity index (χ4n) is 2.87. The summed E-state index contributed by atoms with van der Waals surface area (Å²) in [6.07, 6.45) is 4.76. The van der Waals surface area contributed by atoms with Crippen LogP contribution < -0.4 is 0 Å². The molecule has 3 nitrogen and oxygen atoms in total. The van der Waals surface area contributed by atoms with Crippen molar-refractivity contribution in [3.63, 3.8) is 0 Å². The molecule has 1 heterocycles.